The highest BCUT2D eigenvalue weighted by Gasteiger charge is 2.30. The first-order valence-electron chi connectivity index (χ1n) is 9.28. The zero-order valence-corrected chi connectivity index (χ0v) is 16.0. The van der Waals surface area contributed by atoms with Gasteiger partial charge in [0, 0.05) is 13.0 Å². The van der Waals surface area contributed by atoms with E-state index < -0.39 is 0 Å². The van der Waals surface area contributed by atoms with Gasteiger partial charge in [0.2, 0.25) is 11.8 Å². The standard InChI is InChI=1S/C20H26N4O3/c1-4-9-26-20-10-19(21-13-22-20)24-11-18(12-24)27-17-7-5-16(6-8-17)14(2)23-15(3)25/h5-8,10,13-14,18H,4,9,11-12H2,1-3H3,(H,23,25)/t14-/m0/s1. The van der Waals surface area contributed by atoms with Crippen molar-refractivity contribution >= 4 is 11.7 Å². The van der Waals surface area contributed by atoms with E-state index in [0.717, 1.165) is 36.6 Å². The molecule has 1 aliphatic rings. The summed E-state index contributed by atoms with van der Waals surface area (Å²) >= 11 is 0. The molecule has 0 aliphatic carbocycles. The predicted octanol–water partition coefficient (Wildman–Crippen LogP) is 2.73. The molecule has 1 N–H and O–H groups in total. The van der Waals surface area contributed by atoms with Crippen molar-refractivity contribution in [2.24, 2.45) is 0 Å². The Hall–Kier alpha value is -2.83. The van der Waals surface area contributed by atoms with Gasteiger partial charge >= 0.3 is 0 Å². The fraction of sp³-hybridized carbons (Fsp3) is 0.450. The second kappa shape index (κ2) is 8.70. The Balaban J connectivity index is 1.50. The second-order valence-electron chi connectivity index (χ2n) is 6.70. The van der Waals surface area contributed by atoms with E-state index in [9.17, 15) is 4.79 Å². The Bertz CT molecular complexity index is 760. The van der Waals surface area contributed by atoms with Crippen molar-refractivity contribution in [3.05, 3.63) is 42.2 Å². The van der Waals surface area contributed by atoms with Crippen LogP contribution in [0.15, 0.2) is 36.7 Å². The second-order valence-corrected chi connectivity index (χ2v) is 6.70. The van der Waals surface area contributed by atoms with Gasteiger partial charge in [-0.25, -0.2) is 9.97 Å². The SMILES string of the molecule is CCCOc1cc(N2CC(Oc3ccc([C@H](C)NC(C)=O)cc3)C2)ncn1. The van der Waals surface area contributed by atoms with E-state index in [1.165, 1.54) is 13.3 Å². The molecule has 0 saturated carbocycles. The summed E-state index contributed by atoms with van der Waals surface area (Å²) in [4.78, 5) is 21.7. The smallest absolute Gasteiger partial charge is 0.218 e. The molecular weight excluding hydrogens is 344 g/mol. The zero-order chi connectivity index (χ0) is 19.2. The van der Waals surface area contributed by atoms with Gasteiger partial charge in [-0.3, -0.25) is 4.79 Å². The summed E-state index contributed by atoms with van der Waals surface area (Å²) in [5.74, 6) is 2.25. The lowest BCUT2D eigenvalue weighted by Crippen LogP contribution is -2.54. The van der Waals surface area contributed by atoms with Crippen LogP contribution in [0.5, 0.6) is 11.6 Å². The summed E-state index contributed by atoms with van der Waals surface area (Å²) in [6, 6.07) is 9.69. The number of rotatable bonds is 8. The van der Waals surface area contributed by atoms with Gasteiger partial charge in [0.1, 0.15) is 24.0 Å². The minimum Gasteiger partial charge on any atom is -0.487 e. The fourth-order valence-electron chi connectivity index (χ4n) is 2.90. The van der Waals surface area contributed by atoms with Gasteiger partial charge in [-0.15, -0.1) is 0 Å². The number of amides is 1. The van der Waals surface area contributed by atoms with E-state index >= 15 is 0 Å². The van der Waals surface area contributed by atoms with Crippen molar-refractivity contribution in [3.63, 3.8) is 0 Å². The van der Waals surface area contributed by atoms with Gasteiger partial charge in [-0.1, -0.05) is 19.1 Å². The van der Waals surface area contributed by atoms with Crippen molar-refractivity contribution in [2.75, 3.05) is 24.6 Å². The highest BCUT2D eigenvalue weighted by Crippen LogP contribution is 2.25. The molecule has 0 bridgehead atoms. The Morgan fingerprint density at radius 2 is 2.04 bits per heavy atom. The molecular formula is C20H26N4O3. The molecule has 7 nitrogen and oxygen atoms in total. The van der Waals surface area contributed by atoms with Crippen LogP contribution >= 0.6 is 0 Å². The summed E-state index contributed by atoms with van der Waals surface area (Å²) in [5, 5.41) is 2.87. The maximum atomic E-state index is 11.1. The molecule has 1 fully saturated rings. The van der Waals surface area contributed by atoms with Crippen molar-refractivity contribution < 1.29 is 14.3 Å². The van der Waals surface area contributed by atoms with Crippen molar-refractivity contribution in [1.82, 2.24) is 15.3 Å². The van der Waals surface area contributed by atoms with Gasteiger partial charge in [-0.05, 0) is 31.0 Å². The molecule has 3 rings (SSSR count). The molecule has 144 valence electrons. The number of carbonyl (C=O) groups excluding carboxylic acids is 1. The van der Waals surface area contributed by atoms with Crippen molar-refractivity contribution in [3.8, 4) is 11.6 Å². The van der Waals surface area contributed by atoms with Crippen LogP contribution in [0.1, 0.15) is 38.8 Å². The summed E-state index contributed by atoms with van der Waals surface area (Å²) in [6.07, 6.45) is 2.60. The summed E-state index contributed by atoms with van der Waals surface area (Å²) < 4.78 is 11.6. The van der Waals surface area contributed by atoms with E-state index in [4.69, 9.17) is 9.47 Å². The quantitative estimate of drug-likeness (QED) is 0.770. The maximum Gasteiger partial charge on any atom is 0.218 e. The molecule has 0 unspecified atom stereocenters. The van der Waals surface area contributed by atoms with Gasteiger partial charge in [0.25, 0.3) is 0 Å². The summed E-state index contributed by atoms with van der Waals surface area (Å²) in [5.41, 5.74) is 1.05. The molecule has 1 aliphatic heterocycles. The minimum absolute atomic E-state index is 0.0161. The van der Waals surface area contributed by atoms with Crippen LogP contribution in [0.25, 0.3) is 0 Å². The zero-order valence-electron chi connectivity index (χ0n) is 16.0. The molecule has 1 saturated heterocycles. The van der Waals surface area contributed by atoms with E-state index in [1.807, 2.05) is 37.3 Å². The van der Waals surface area contributed by atoms with Gasteiger partial charge in [0.15, 0.2) is 0 Å². The maximum absolute atomic E-state index is 11.1. The van der Waals surface area contributed by atoms with Gasteiger partial charge in [-0.2, -0.15) is 0 Å². The normalized spacial score (nSPS) is 15.0. The van der Waals surface area contributed by atoms with Crippen molar-refractivity contribution in [2.45, 2.75) is 39.3 Å². The highest BCUT2D eigenvalue weighted by molar-refractivity contribution is 5.73. The minimum atomic E-state index is -0.0367. The number of hydrogen-bond acceptors (Lipinski definition) is 6. The fourth-order valence-corrected chi connectivity index (χ4v) is 2.90. The van der Waals surface area contributed by atoms with Crippen LogP contribution in [0, 0.1) is 0 Å². The topological polar surface area (TPSA) is 76.6 Å². The van der Waals surface area contributed by atoms with E-state index in [-0.39, 0.29) is 18.1 Å². The van der Waals surface area contributed by atoms with Gasteiger partial charge in [0.05, 0.1) is 25.7 Å². The largest absolute Gasteiger partial charge is 0.487 e. The first-order valence-corrected chi connectivity index (χ1v) is 9.28. The van der Waals surface area contributed by atoms with E-state index in [0.29, 0.717) is 12.5 Å². The molecule has 1 aromatic carbocycles. The number of benzene rings is 1. The third-order valence-electron chi connectivity index (χ3n) is 4.36. The van der Waals surface area contributed by atoms with E-state index in [1.54, 1.807) is 0 Å². The Labute approximate surface area is 159 Å². The molecule has 2 heterocycles. The molecule has 2 aromatic rings. The molecule has 27 heavy (non-hydrogen) atoms. The molecule has 0 radical (unpaired) electrons. The average molecular weight is 370 g/mol. The highest BCUT2D eigenvalue weighted by atomic mass is 16.5. The number of anilines is 1. The lowest BCUT2D eigenvalue weighted by atomic mass is 10.1. The number of carbonyl (C=O) groups is 1. The number of aromatic nitrogens is 2. The molecule has 7 heteroatoms. The number of nitrogens with one attached hydrogen (secondary N) is 1. The third kappa shape index (κ3) is 5.09. The Morgan fingerprint density at radius 1 is 1.30 bits per heavy atom. The third-order valence-corrected chi connectivity index (χ3v) is 4.36. The monoisotopic (exact) mass is 370 g/mol. The Morgan fingerprint density at radius 3 is 2.70 bits per heavy atom. The number of nitrogens with zero attached hydrogens (tertiary/aromatic N) is 3. The molecule has 1 amide bonds. The first kappa shape index (κ1) is 18.9. The number of ether oxygens (including phenoxy) is 2. The van der Waals surface area contributed by atoms with Crippen molar-refractivity contribution in [1.29, 1.82) is 0 Å². The Kier molecular flexibility index (Phi) is 6.11. The van der Waals surface area contributed by atoms with Crippen LogP contribution in [0.2, 0.25) is 0 Å². The van der Waals surface area contributed by atoms with Crippen LogP contribution in [0.3, 0.4) is 0 Å². The van der Waals surface area contributed by atoms with Crippen LogP contribution in [-0.4, -0.2) is 41.7 Å². The summed E-state index contributed by atoms with van der Waals surface area (Å²) in [7, 11) is 0. The predicted molar refractivity (Wildman–Crippen MR) is 103 cm³/mol. The van der Waals surface area contributed by atoms with E-state index in [2.05, 4.69) is 27.1 Å². The van der Waals surface area contributed by atoms with Crippen LogP contribution in [-0.2, 0) is 4.79 Å². The van der Waals surface area contributed by atoms with Crippen LogP contribution in [0.4, 0.5) is 5.82 Å². The summed E-state index contributed by atoms with van der Waals surface area (Å²) in [6.45, 7) is 7.74. The lowest BCUT2D eigenvalue weighted by molar-refractivity contribution is -0.119. The molecule has 0 spiro atoms. The van der Waals surface area contributed by atoms with Crippen LogP contribution < -0.4 is 19.7 Å². The molecule has 1 atom stereocenters. The first-order chi connectivity index (χ1) is 13.0. The van der Waals surface area contributed by atoms with Gasteiger partial charge < -0.3 is 19.7 Å². The molecule has 1 aromatic heterocycles. The number of hydrogen-bond donors (Lipinski definition) is 1. The lowest BCUT2D eigenvalue weighted by Gasteiger charge is -2.39. The average Bonchev–Trinajstić information content (AvgIpc) is 2.62.